The Morgan fingerprint density at radius 3 is 2.74 bits per heavy atom. The maximum atomic E-state index is 12.6. The summed E-state index contributed by atoms with van der Waals surface area (Å²) in [6.07, 6.45) is -3.40. The molecule has 0 fully saturated rings. The first-order valence-corrected chi connectivity index (χ1v) is 9.52. The molecule has 148 valence electrons. The first kappa shape index (κ1) is 20.9. The van der Waals surface area contributed by atoms with E-state index in [4.69, 9.17) is 0 Å². The zero-order valence-electron chi connectivity index (χ0n) is 15.2. The minimum atomic E-state index is -4.48. The van der Waals surface area contributed by atoms with Gasteiger partial charge in [0.15, 0.2) is 5.96 Å². The van der Waals surface area contributed by atoms with Crippen LogP contribution >= 0.6 is 11.3 Å². The second kappa shape index (κ2) is 10.1. The van der Waals surface area contributed by atoms with Crippen LogP contribution in [0.5, 0.6) is 0 Å². The molecule has 0 aliphatic heterocycles. The SMILES string of the molecule is CCNC(=NCC(C)c1ccsc1)NCCNc1nccc(C(F)(F)F)n1. The quantitative estimate of drug-likeness (QED) is 0.360. The molecule has 2 aromatic heterocycles. The van der Waals surface area contributed by atoms with Crippen molar-refractivity contribution in [2.75, 3.05) is 31.5 Å². The number of nitrogens with one attached hydrogen (secondary N) is 3. The third kappa shape index (κ3) is 7.05. The third-order valence-electron chi connectivity index (χ3n) is 3.63. The molecule has 0 amide bonds. The highest BCUT2D eigenvalue weighted by Gasteiger charge is 2.32. The zero-order chi connectivity index (χ0) is 19.7. The number of aromatic nitrogens is 2. The number of hydrogen-bond donors (Lipinski definition) is 3. The van der Waals surface area contributed by atoms with Gasteiger partial charge in [0.25, 0.3) is 0 Å². The number of alkyl halides is 3. The van der Waals surface area contributed by atoms with Crippen molar-refractivity contribution in [2.24, 2.45) is 4.99 Å². The van der Waals surface area contributed by atoms with Crippen molar-refractivity contribution in [1.82, 2.24) is 20.6 Å². The van der Waals surface area contributed by atoms with Gasteiger partial charge in [-0.25, -0.2) is 9.97 Å². The van der Waals surface area contributed by atoms with Crippen molar-refractivity contribution in [3.8, 4) is 0 Å². The smallest absolute Gasteiger partial charge is 0.357 e. The topological polar surface area (TPSA) is 74.2 Å². The first-order chi connectivity index (χ1) is 12.9. The lowest BCUT2D eigenvalue weighted by molar-refractivity contribution is -0.141. The molecule has 0 saturated heterocycles. The summed E-state index contributed by atoms with van der Waals surface area (Å²) in [7, 11) is 0. The van der Waals surface area contributed by atoms with Crippen LogP contribution in [0.15, 0.2) is 34.1 Å². The Labute approximate surface area is 160 Å². The number of nitrogens with zero attached hydrogens (tertiary/aromatic N) is 3. The molecule has 10 heteroatoms. The zero-order valence-corrected chi connectivity index (χ0v) is 16.0. The Hall–Kier alpha value is -2.36. The van der Waals surface area contributed by atoms with E-state index >= 15 is 0 Å². The predicted octanol–water partition coefficient (Wildman–Crippen LogP) is 3.33. The Morgan fingerprint density at radius 1 is 1.26 bits per heavy atom. The van der Waals surface area contributed by atoms with Crippen LogP contribution in [-0.2, 0) is 6.18 Å². The first-order valence-electron chi connectivity index (χ1n) is 8.58. The summed E-state index contributed by atoms with van der Waals surface area (Å²) in [6, 6.07) is 2.93. The van der Waals surface area contributed by atoms with E-state index in [1.54, 1.807) is 11.3 Å². The summed E-state index contributed by atoms with van der Waals surface area (Å²) >= 11 is 1.66. The maximum Gasteiger partial charge on any atom is 0.433 e. The van der Waals surface area contributed by atoms with Gasteiger partial charge in [-0.1, -0.05) is 6.92 Å². The summed E-state index contributed by atoms with van der Waals surface area (Å²) in [5.74, 6) is 0.911. The van der Waals surface area contributed by atoms with E-state index in [0.29, 0.717) is 38.1 Å². The second-order valence-electron chi connectivity index (χ2n) is 5.79. The molecule has 2 aromatic rings. The van der Waals surface area contributed by atoms with Crippen LogP contribution in [0.1, 0.15) is 31.0 Å². The van der Waals surface area contributed by atoms with Crippen LogP contribution in [0.3, 0.4) is 0 Å². The highest BCUT2D eigenvalue weighted by atomic mass is 32.1. The van der Waals surface area contributed by atoms with Gasteiger partial charge < -0.3 is 16.0 Å². The lowest BCUT2D eigenvalue weighted by Gasteiger charge is -2.13. The molecule has 2 rings (SSSR count). The van der Waals surface area contributed by atoms with Gasteiger partial charge >= 0.3 is 6.18 Å². The second-order valence-corrected chi connectivity index (χ2v) is 6.57. The average molecular weight is 400 g/mol. The lowest BCUT2D eigenvalue weighted by Crippen LogP contribution is -2.39. The molecular formula is C17H23F3N6S. The van der Waals surface area contributed by atoms with Crippen molar-refractivity contribution >= 4 is 23.2 Å². The van der Waals surface area contributed by atoms with Crippen LogP contribution < -0.4 is 16.0 Å². The van der Waals surface area contributed by atoms with Gasteiger partial charge in [-0.2, -0.15) is 24.5 Å². The van der Waals surface area contributed by atoms with E-state index in [1.807, 2.05) is 12.3 Å². The fraction of sp³-hybridized carbons (Fsp3) is 0.471. The number of aliphatic imine (C=N–C) groups is 1. The Kier molecular flexibility index (Phi) is 7.83. The molecule has 0 saturated carbocycles. The van der Waals surface area contributed by atoms with Crippen LogP contribution in [-0.4, -0.2) is 42.1 Å². The number of rotatable bonds is 8. The third-order valence-corrected chi connectivity index (χ3v) is 4.33. The molecule has 27 heavy (non-hydrogen) atoms. The summed E-state index contributed by atoms with van der Waals surface area (Å²) < 4.78 is 37.9. The number of anilines is 1. The highest BCUT2D eigenvalue weighted by molar-refractivity contribution is 7.07. The lowest BCUT2D eigenvalue weighted by atomic mass is 10.1. The summed E-state index contributed by atoms with van der Waals surface area (Å²) in [5.41, 5.74) is 0.285. The standard InChI is InChI=1S/C17H23F3N6S/c1-3-21-15(25-10-12(2)13-5-9-27-11-13)23-7-8-24-16-22-6-4-14(26-16)17(18,19)20/h4-6,9,11-12H,3,7-8,10H2,1-2H3,(H2,21,23,25)(H,22,24,26). The van der Waals surface area contributed by atoms with E-state index < -0.39 is 11.9 Å². The van der Waals surface area contributed by atoms with Gasteiger partial charge in [-0.05, 0) is 35.4 Å². The normalized spacial score (nSPS) is 13.3. The number of guanidine groups is 1. The van der Waals surface area contributed by atoms with E-state index in [9.17, 15) is 13.2 Å². The summed E-state index contributed by atoms with van der Waals surface area (Å²) in [4.78, 5) is 11.8. The number of hydrogen-bond acceptors (Lipinski definition) is 5. The largest absolute Gasteiger partial charge is 0.433 e. The van der Waals surface area contributed by atoms with Crippen LogP contribution in [0.2, 0.25) is 0 Å². The van der Waals surface area contributed by atoms with Gasteiger partial charge in [0.2, 0.25) is 5.95 Å². The van der Waals surface area contributed by atoms with Crippen molar-refractivity contribution in [1.29, 1.82) is 0 Å². The Morgan fingerprint density at radius 2 is 2.07 bits per heavy atom. The van der Waals surface area contributed by atoms with Crippen molar-refractivity contribution in [2.45, 2.75) is 25.9 Å². The van der Waals surface area contributed by atoms with Crippen molar-refractivity contribution in [3.05, 3.63) is 40.3 Å². The van der Waals surface area contributed by atoms with Crippen molar-refractivity contribution < 1.29 is 13.2 Å². The molecule has 1 unspecified atom stereocenters. The summed E-state index contributed by atoms with van der Waals surface area (Å²) in [5, 5.41) is 13.2. The number of halogens is 3. The molecule has 6 nitrogen and oxygen atoms in total. The van der Waals surface area contributed by atoms with Gasteiger partial charge in [-0.15, -0.1) is 0 Å². The summed E-state index contributed by atoms with van der Waals surface area (Å²) in [6.45, 7) is 6.24. The minimum Gasteiger partial charge on any atom is -0.357 e. The predicted molar refractivity (Wildman–Crippen MR) is 102 cm³/mol. The average Bonchev–Trinajstić information content (AvgIpc) is 3.17. The molecular weight excluding hydrogens is 377 g/mol. The Bertz CT molecular complexity index is 718. The fourth-order valence-corrected chi connectivity index (χ4v) is 2.97. The molecule has 0 aliphatic rings. The molecule has 0 bridgehead atoms. The van der Waals surface area contributed by atoms with E-state index in [1.165, 1.54) is 5.56 Å². The van der Waals surface area contributed by atoms with Crippen molar-refractivity contribution in [3.63, 3.8) is 0 Å². The molecule has 0 aromatic carbocycles. The molecule has 3 N–H and O–H groups in total. The van der Waals surface area contributed by atoms with Gasteiger partial charge in [0.05, 0.1) is 0 Å². The van der Waals surface area contributed by atoms with E-state index in [0.717, 1.165) is 12.3 Å². The van der Waals surface area contributed by atoms with Crippen LogP contribution in [0.25, 0.3) is 0 Å². The van der Waals surface area contributed by atoms with E-state index in [2.05, 4.69) is 49.3 Å². The molecule has 1 atom stereocenters. The van der Waals surface area contributed by atoms with E-state index in [-0.39, 0.29) is 5.95 Å². The molecule has 0 radical (unpaired) electrons. The van der Waals surface area contributed by atoms with Gasteiger partial charge in [0.1, 0.15) is 5.69 Å². The maximum absolute atomic E-state index is 12.6. The van der Waals surface area contributed by atoms with Crippen LogP contribution in [0.4, 0.5) is 19.1 Å². The fourth-order valence-electron chi connectivity index (χ4n) is 2.19. The van der Waals surface area contributed by atoms with Gasteiger partial charge in [0, 0.05) is 38.3 Å². The molecule has 2 heterocycles. The minimum absolute atomic E-state index is 0.0559. The number of thiophene rings is 1. The highest BCUT2D eigenvalue weighted by Crippen LogP contribution is 2.27. The van der Waals surface area contributed by atoms with Crippen LogP contribution in [0, 0.1) is 0 Å². The van der Waals surface area contributed by atoms with Gasteiger partial charge in [-0.3, -0.25) is 4.99 Å². The Balaban J connectivity index is 1.81. The monoisotopic (exact) mass is 400 g/mol. The molecule has 0 spiro atoms. The molecule has 0 aliphatic carbocycles.